The third kappa shape index (κ3) is 4.38. The number of hydrogen-bond acceptors (Lipinski definition) is 4. The van der Waals surface area contributed by atoms with E-state index in [4.69, 9.17) is 5.11 Å². The van der Waals surface area contributed by atoms with E-state index in [9.17, 15) is 14.4 Å². The highest BCUT2D eigenvalue weighted by Gasteiger charge is 2.46. The fourth-order valence-electron chi connectivity index (χ4n) is 3.91. The maximum absolute atomic E-state index is 13.1. The number of hydrogen-bond donors (Lipinski definition) is 3. The number of rotatable bonds is 7. The topological polar surface area (TPSA) is 115 Å². The zero-order chi connectivity index (χ0) is 22.8. The number of aromatic amines is 1. The molecule has 1 aliphatic heterocycles. The number of carbonyl (C=O) groups is 3. The first-order valence-corrected chi connectivity index (χ1v) is 11.1. The second-order valence-corrected chi connectivity index (χ2v) is 8.89. The van der Waals surface area contributed by atoms with Crippen LogP contribution in [0.2, 0.25) is 0 Å². The van der Waals surface area contributed by atoms with Crippen molar-refractivity contribution >= 4 is 40.5 Å². The summed E-state index contributed by atoms with van der Waals surface area (Å²) in [6.07, 6.45) is 1.20. The standard InChI is InChI=1S/C23H21IN4O4/c1-13(14-5-3-2-4-6-14)20(28-22(31)17(11-19(29)30)27-23(28)32)21-25-12-18(26-21)15-7-9-16(24)10-8-15/h2-10,12-13,17,20H,11H2,1H3,(H,25,26)(H,27,32)(H,29,30)/t13-,17+,20-/m0/s1. The van der Waals surface area contributed by atoms with Crippen molar-refractivity contribution in [3.8, 4) is 11.3 Å². The van der Waals surface area contributed by atoms with Crippen molar-refractivity contribution in [2.24, 2.45) is 0 Å². The van der Waals surface area contributed by atoms with Gasteiger partial charge in [-0.25, -0.2) is 9.78 Å². The third-order valence-corrected chi connectivity index (χ3v) is 6.26. The minimum atomic E-state index is -1.16. The SMILES string of the molecule is C[C@@H](c1ccccc1)[C@@H](c1ncc(-c2ccc(I)cc2)[nH]1)N1C(=O)N[C@H](CC(=O)O)C1=O. The molecule has 0 unspecified atom stereocenters. The summed E-state index contributed by atoms with van der Waals surface area (Å²) in [6.45, 7) is 1.91. The molecule has 3 atom stereocenters. The zero-order valence-electron chi connectivity index (χ0n) is 17.2. The van der Waals surface area contributed by atoms with E-state index in [1.807, 2.05) is 61.5 Å². The van der Waals surface area contributed by atoms with Gasteiger partial charge in [-0.2, -0.15) is 0 Å². The van der Waals surface area contributed by atoms with Crippen LogP contribution < -0.4 is 5.32 Å². The molecule has 8 nitrogen and oxygen atoms in total. The van der Waals surface area contributed by atoms with Crippen LogP contribution in [0.15, 0.2) is 60.8 Å². The van der Waals surface area contributed by atoms with Crippen molar-refractivity contribution in [2.75, 3.05) is 0 Å². The van der Waals surface area contributed by atoms with E-state index in [2.05, 4.69) is 37.9 Å². The normalized spacial score (nSPS) is 17.8. The average molecular weight is 544 g/mol. The first-order chi connectivity index (χ1) is 15.3. The Kier molecular flexibility index (Phi) is 6.26. The first kappa shape index (κ1) is 22.0. The number of halogens is 1. The van der Waals surface area contributed by atoms with Crippen molar-refractivity contribution < 1.29 is 19.5 Å². The summed E-state index contributed by atoms with van der Waals surface area (Å²) in [6, 6.07) is 15.0. The molecule has 3 aromatic rings. The van der Waals surface area contributed by atoms with Gasteiger partial charge in [0.2, 0.25) is 0 Å². The van der Waals surface area contributed by atoms with Crippen molar-refractivity contribution in [3.05, 3.63) is 75.8 Å². The number of amides is 3. The zero-order valence-corrected chi connectivity index (χ0v) is 19.3. The fourth-order valence-corrected chi connectivity index (χ4v) is 4.27. The van der Waals surface area contributed by atoms with Gasteiger partial charge in [0.1, 0.15) is 17.9 Å². The van der Waals surface area contributed by atoms with E-state index in [0.717, 1.165) is 25.3 Å². The summed E-state index contributed by atoms with van der Waals surface area (Å²) in [5.41, 5.74) is 2.61. The van der Waals surface area contributed by atoms with E-state index in [1.54, 1.807) is 6.20 Å². The van der Waals surface area contributed by atoms with Gasteiger partial charge in [-0.1, -0.05) is 49.4 Å². The molecule has 0 aliphatic carbocycles. The van der Waals surface area contributed by atoms with Gasteiger partial charge in [0.05, 0.1) is 18.3 Å². The molecule has 1 saturated heterocycles. The number of imidazole rings is 1. The summed E-state index contributed by atoms with van der Waals surface area (Å²) >= 11 is 2.23. The summed E-state index contributed by atoms with van der Waals surface area (Å²) in [7, 11) is 0. The molecule has 2 heterocycles. The number of nitrogens with one attached hydrogen (secondary N) is 2. The lowest BCUT2D eigenvalue weighted by Gasteiger charge is -2.29. The third-order valence-electron chi connectivity index (χ3n) is 5.54. The fraction of sp³-hybridized carbons (Fsp3) is 0.217. The Hall–Kier alpha value is -3.21. The summed E-state index contributed by atoms with van der Waals surface area (Å²) < 4.78 is 1.10. The maximum atomic E-state index is 13.1. The summed E-state index contributed by atoms with van der Waals surface area (Å²) in [5, 5.41) is 11.6. The van der Waals surface area contributed by atoms with Crippen LogP contribution in [0.25, 0.3) is 11.3 Å². The van der Waals surface area contributed by atoms with Crippen LogP contribution in [0.4, 0.5) is 4.79 Å². The number of imide groups is 1. The highest BCUT2D eigenvalue weighted by Crippen LogP contribution is 2.37. The highest BCUT2D eigenvalue weighted by atomic mass is 127. The van der Waals surface area contributed by atoms with Crippen LogP contribution in [-0.2, 0) is 9.59 Å². The largest absolute Gasteiger partial charge is 0.481 e. The van der Waals surface area contributed by atoms with Gasteiger partial charge in [-0.05, 0) is 45.9 Å². The van der Waals surface area contributed by atoms with Crippen molar-refractivity contribution in [3.63, 3.8) is 0 Å². The number of carboxylic acids is 1. The number of aliphatic carboxylic acids is 1. The van der Waals surface area contributed by atoms with Crippen LogP contribution in [0.5, 0.6) is 0 Å². The van der Waals surface area contributed by atoms with Crippen molar-refractivity contribution in [1.29, 1.82) is 0 Å². The Morgan fingerprint density at radius 2 is 1.84 bits per heavy atom. The van der Waals surface area contributed by atoms with Crippen LogP contribution in [-0.4, -0.2) is 43.9 Å². The van der Waals surface area contributed by atoms with E-state index in [1.165, 1.54) is 0 Å². The molecule has 32 heavy (non-hydrogen) atoms. The van der Waals surface area contributed by atoms with Gasteiger partial charge in [0.15, 0.2) is 0 Å². The van der Waals surface area contributed by atoms with Gasteiger partial charge in [-0.3, -0.25) is 14.5 Å². The Balaban J connectivity index is 1.74. The minimum absolute atomic E-state index is 0.287. The second kappa shape index (κ2) is 9.11. The second-order valence-electron chi connectivity index (χ2n) is 7.64. The van der Waals surface area contributed by atoms with E-state index in [0.29, 0.717) is 5.82 Å². The van der Waals surface area contributed by atoms with Gasteiger partial charge in [0.25, 0.3) is 5.91 Å². The lowest BCUT2D eigenvalue weighted by atomic mass is 9.91. The molecular weight excluding hydrogens is 523 g/mol. The van der Waals surface area contributed by atoms with Crippen LogP contribution >= 0.6 is 22.6 Å². The maximum Gasteiger partial charge on any atom is 0.325 e. The number of benzene rings is 2. The smallest absolute Gasteiger partial charge is 0.325 e. The number of nitrogens with zero attached hydrogens (tertiary/aromatic N) is 2. The predicted octanol–water partition coefficient (Wildman–Crippen LogP) is 3.92. The lowest BCUT2D eigenvalue weighted by Crippen LogP contribution is -2.38. The molecule has 2 aromatic carbocycles. The van der Waals surface area contributed by atoms with Gasteiger partial charge in [0, 0.05) is 9.49 Å². The molecule has 4 rings (SSSR count). The monoisotopic (exact) mass is 544 g/mol. The van der Waals surface area contributed by atoms with Crippen LogP contribution in [0.1, 0.15) is 36.7 Å². The number of carboxylic acid groups (broad SMARTS) is 1. The van der Waals surface area contributed by atoms with E-state index >= 15 is 0 Å². The summed E-state index contributed by atoms with van der Waals surface area (Å²) in [4.78, 5) is 45.9. The molecular formula is C23H21IN4O4. The number of carbonyl (C=O) groups excluding carboxylic acids is 2. The number of aromatic nitrogens is 2. The molecule has 0 bridgehead atoms. The first-order valence-electron chi connectivity index (χ1n) is 10.1. The molecule has 1 aliphatic rings. The minimum Gasteiger partial charge on any atom is -0.481 e. The Morgan fingerprint density at radius 1 is 1.16 bits per heavy atom. The Bertz CT molecular complexity index is 1150. The van der Waals surface area contributed by atoms with Crippen LogP contribution in [0, 0.1) is 3.57 Å². The molecule has 1 fully saturated rings. The number of urea groups is 1. The highest BCUT2D eigenvalue weighted by molar-refractivity contribution is 14.1. The summed E-state index contributed by atoms with van der Waals surface area (Å²) in [5.74, 6) is -1.56. The molecule has 9 heteroatoms. The molecule has 0 spiro atoms. The Labute approximate surface area is 198 Å². The molecule has 0 radical (unpaired) electrons. The number of H-pyrrole nitrogens is 1. The van der Waals surface area contributed by atoms with Crippen molar-refractivity contribution in [2.45, 2.75) is 31.3 Å². The van der Waals surface area contributed by atoms with Gasteiger partial charge < -0.3 is 15.4 Å². The molecule has 164 valence electrons. The molecule has 1 aromatic heterocycles. The average Bonchev–Trinajstić information content (AvgIpc) is 3.35. The Morgan fingerprint density at radius 3 is 2.50 bits per heavy atom. The van der Waals surface area contributed by atoms with E-state index < -0.39 is 36.4 Å². The van der Waals surface area contributed by atoms with Crippen LogP contribution in [0.3, 0.4) is 0 Å². The van der Waals surface area contributed by atoms with Crippen molar-refractivity contribution in [1.82, 2.24) is 20.2 Å². The predicted molar refractivity (Wildman–Crippen MR) is 126 cm³/mol. The van der Waals surface area contributed by atoms with E-state index in [-0.39, 0.29) is 5.92 Å². The van der Waals surface area contributed by atoms with Gasteiger partial charge >= 0.3 is 12.0 Å². The lowest BCUT2D eigenvalue weighted by molar-refractivity contribution is -0.140. The molecule has 0 saturated carbocycles. The quantitative estimate of drug-likeness (QED) is 0.308. The molecule has 3 amide bonds. The molecule has 3 N–H and O–H groups in total. The van der Waals surface area contributed by atoms with Gasteiger partial charge in [-0.15, -0.1) is 0 Å².